The minimum Gasteiger partial charge on any atom is -0.464 e. The largest absolute Gasteiger partial charge is 0.464 e. The SMILES string of the molecule is O=C(CCCS(=O)(=O)O)c1ccc(CC(C(=O)Nc2ccc(-c3cc4ccccc4o3)cc2)c2ccc(-c3ccco3)cc2)cc1. The molecule has 0 aliphatic heterocycles. The van der Waals surface area contributed by atoms with Crippen LogP contribution in [0.15, 0.2) is 130 Å². The van der Waals surface area contributed by atoms with E-state index in [-0.39, 0.29) is 24.5 Å². The van der Waals surface area contributed by atoms with Crippen LogP contribution in [-0.4, -0.2) is 30.4 Å². The van der Waals surface area contributed by atoms with Crippen molar-refractivity contribution < 1.29 is 31.4 Å². The van der Waals surface area contributed by atoms with Gasteiger partial charge < -0.3 is 14.2 Å². The molecule has 0 saturated carbocycles. The summed E-state index contributed by atoms with van der Waals surface area (Å²) in [5, 5.41) is 4.08. The van der Waals surface area contributed by atoms with Crippen molar-refractivity contribution in [3.63, 3.8) is 0 Å². The summed E-state index contributed by atoms with van der Waals surface area (Å²) in [5.41, 5.74) is 5.35. The van der Waals surface area contributed by atoms with Crippen molar-refractivity contribution in [1.82, 2.24) is 0 Å². The van der Waals surface area contributed by atoms with Crippen LogP contribution >= 0.6 is 0 Å². The summed E-state index contributed by atoms with van der Waals surface area (Å²) in [5.74, 6) is 0.0613. The highest BCUT2D eigenvalue weighted by molar-refractivity contribution is 7.85. The number of ketones is 1. The molecule has 0 bridgehead atoms. The first kappa shape index (κ1) is 30.8. The molecular weight excluding hydrogens is 602 g/mol. The molecule has 8 nitrogen and oxygen atoms in total. The summed E-state index contributed by atoms with van der Waals surface area (Å²) in [6, 6.07) is 35.6. The molecule has 6 rings (SSSR count). The van der Waals surface area contributed by atoms with Gasteiger partial charge in [-0.2, -0.15) is 8.42 Å². The van der Waals surface area contributed by atoms with Gasteiger partial charge in [0.05, 0.1) is 17.9 Å². The quantitative estimate of drug-likeness (QED) is 0.103. The molecule has 0 aliphatic rings. The van der Waals surface area contributed by atoms with Gasteiger partial charge in [-0.05, 0) is 72.5 Å². The van der Waals surface area contributed by atoms with E-state index in [2.05, 4.69) is 5.32 Å². The lowest BCUT2D eigenvalue weighted by Crippen LogP contribution is -2.23. The van der Waals surface area contributed by atoms with Crippen molar-refractivity contribution in [2.45, 2.75) is 25.2 Å². The molecule has 1 amide bonds. The Morgan fingerprint density at radius 3 is 2.15 bits per heavy atom. The van der Waals surface area contributed by atoms with Gasteiger partial charge in [0.15, 0.2) is 5.78 Å². The fraction of sp³-hybridized carbons (Fsp3) is 0.135. The molecule has 0 fully saturated rings. The van der Waals surface area contributed by atoms with E-state index in [4.69, 9.17) is 13.4 Å². The van der Waals surface area contributed by atoms with Crippen molar-refractivity contribution in [3.8, 4) is 22.6 Å². The standard InChI is InChI=1S/C37H31NO7S/c39-33(6-4-22-46(41,42)43)27-11-9-25(10-12-27)23-32(26-13-15-28(16-14-26)34-8-3-21-44-34)37(40)38-31-19-17-29(18-20-31)36-24-30-5-1-2-7-35(30)45-36/h1-3,5,7-21,24,32H,4,6,22-23H2,(H,38,40)(H,41,42,43). The van der Waals surface area contributed by atoms with Gasteiger partial charge in [-0.1, -0.05) is 66.7 Å². The highest BCUT2D eigenvalue weighted by atomic mass is 32.2. The lowest BCUT2D eigenvalue weighted by Gasteiger charge is -2.18. The van der Waals surface area contributed by atoms with Gasteiger partial charge in [0.25, 0.3) is 10.1 Å². The van der Waals surface area contributed by atoms with Crippen LogP contribution in [0.4, 0.5) is 5.69 Å². The number of Topliss-reactive ketones (excluding diaryl/α,β-unsaturated/α-hetero) is 1. The van der Waals surface area contributed by atoms with E-state index in [1.807, 2.05) is 91.0 Å². The van der Waals surface area contributed by atoms with Gasteiger partial charge in [-0.15, -0.1) is 0 Å². The zero-order valence-corrected chi connectivity index (χ0v) is 25.6. The monoisotopic (exact) mass is 633 g/mol. The molecule has 4 aromatic carbocycles. The molecule has 2 N–H and O–H groups in total. The smallest absolute Gasteiger partial charge is 0.264 e. The molecule has 6 aromatic rings. The van der Waals surface area contributed by atoms with E-state index in [9.17, 15) is 18.0 Å². The highest BCUT2D eigenvalue weighted by Gasteiger charge is 2.22. The Morgan fingerprint density at radius 1 is 0.783 bits per heavy atom. The zero-order valence-electron chi connectivity index (χ0n) is 24.8. The Labute approximate surface area is 266 Å². The fourth-order valence-electron chi connectivity index (χ4n) is 5.38. The average molecular weight is 634 g/mol. The van der Waals surface area contributed by atoms with Crippen molar-refractivity contribution in [1.29, 1.82) is 0 Å². The average Bonchev–Trinajstić information content (AvgIpc) is 3.75. The topological polar surface area (TPSA) is 127 Å². The predicted molar refractivity (Wildman–Crippen MR) is 177 cm³/mol. The number of anilines is 1. The van der Waals surface area contributed by atoms with Crippen molar-refractivity contribution in [3.05, 3.63) is 138 Å². The third kappa shape index (κ3) is 7.51. The molecule has 2 heterocycles. The van der Waals surface area contributed by atoms with E-state index >= 15 is 0 Å². The van der Waals surface area contributed by atoms with Gasteiger partial charge in [0.2, 0.25) is 5.91 Å². The molecule has 232 valence electrons. The van der Waals surface area contributed by atoms with E-state index in [0.717, 1.165) is 44.7 Å². The third-order valence-corrected chi connectivity index (χ3v) is 8.62. The highest BCUT2D eigenvalue weighted by Crippen LogP contribution is 2.30. The molecule has 0 spiro atoms. The van der Waals surface area contributed by atoms with E-state index in [0.29, 0.717) is 17.7 Å². The Morgan fingerprint density at radius 2 is 1.48 bits per heavy atom. The van der Waals surface area contributed by atoms with E-state index < -0.39 is 21.8 Å². The van der Waals surface area contributed by atoms with Crippen molar-refractivity contribution >= 4 is 38.5 Å². The first-order valence-electron chi connectivity index (χ1n) is 14.8. The number of carbonyl (C=O) groups is 2. The number of para-hydroxylation sites is 1. The number of fused-ring (bicyclic) bond motifs is 1. The van der Waals surface area contributed by atoms with Gasteiger partial charge in [0.1, 0.15) is 17.1 Å². The number of carbonyl (C=O) groups excluding carboxylic acids is 2. The van der Waals surface area contributed by atoms with Crippen LogP contribution in [0.1, 0.15) is 40.2 Å². The van der Waals surface area contributed by atoms with Gasteiger partial charge in [-0.25, -0.2) is 0 Å². The van der Waals surface area contributed by atoms with Gasteiger partial charge >= 0.3 is 0 Å². The molecule has 0 aliphatic carbocycles. The van der Waals surface area contributed by atoms with Crippen LogP contribution in [0.3, 0.4) is 0 Å². The minimum absolute atomic E-state index is 0.00131. The molecule has 1 atom stereocenters. The first-order valence-corrected chi connectivity index (χ1v) is 16.4. The Balaban J connectivity index is 1.19. The summed E-state index contributed by atoms with van der Waals surface area (Å²) >= 11 is 0. The molecule has 0 radical (unpaired) electrons. The molecule has 9 heteroatoms. The zero-order chi connectivity index (χ0) is 32.1. The number of benzene rings is 4. The number of hydrogen-bond acceptors (Lipinski definition) is 6. The van der Waals surface area contributed by atoms with E-state index in [1.165, 1.54) is 0 Å². The Hall–Kier alpha value is -5.25. The van der Waals surface area contributed by atoms with E-state index in [1.54, 1.807) is 30.5 Å². The van der Waals surface area contributed by atoms with Crippen LogP contribution in [-0.2, 0) is 21.3 Å². The first-order chi connectivity index (χ1) is 22.2. The predicted octanol–water partition coefficient (Wildman–Crippen LogP) is 8.18. The normalized spacial score (nSPS) is 12.2. The second kappa shape index (κ2) is 13.4. The summed E-state index contributed by atoms with van der Waals surface area (Å²) in [7, 11) is -4.11. The number of amides is 1. The molecule has 1 unspecified atom stereocenters. The van der Waals surface area contributed by atoms with Crippen LogP contribution in [0, 0.1) is 0 Å². The number of furan rings is 2. The maximum Gasteiger partial charge on any atom is 0.264 e. The number of hydrogen-bond donors (Lipinski definition) is 2. The second-order valence-corrected chi connectivity index (χ2v) is 12.7. The van der Waals surface area contributed by atoms with Crippen LogP contribution < -0.4 is 5.32 Å². The Bertz CT molecular complexity index is 2030. The summed E-state index contributed by atoms with van der Waals surface area (Å²) in [6.45, 7) is 0. The minimum atomic E-state index is -4.11. The van der Waals surface area contributed by atoms with Crippen molar-refractivity contribution in [2.75, 3.05) is 11.1 Å². The van der Waals surface area contributed by atoms with Gasteiger partial charge in [-0.3, -0.25) is 14.1 Å². The van der Waals surface area contributed by atoms with Gasteiger partial charge in [0, 0.05) is 34.2 Å². The lowest BCUT2D eigenvalue weighted by atomic mass is 9.89. The van der Waals surface area contributed by atoms with Crippen LogP contribution in [0.5, 0.6) is 0 Å². The van der Waals surface area contributed by atoms with Crippen molar-refractivity contribution in [2.24, 2.45) is 0 Å². The molecule has 0 saturated heterocycles. The molecule has 2 aromatic heterocycles. The molecular formula is C37H31NO7S. The fourth-order valence-corrected chi connectivity index (χ4v) is 5.89. The van der Waals surface area contributed by atoms with Crippen LogP contribution in [0.25, 0.3) is 33.6 Å². The summed E-state index contributed by atoms with van der Waals surface area (Å²) in [4.78, 5) is 26.3. The van der Waals surface area contributed by atoms with Crippen LogP contribution in [0.2, 0.25) is 0 Å². The summed E-state index contributed by atoms with van der Waals surface area (Å²) < 4.78 is 42.4. The maximum atomic E-state index is 13.8. The second-order valence-electron chi connectivity index (χ2n) is 11.1. The Kier molecular flexibility index (Phi) is 8.96. The summed E-state index contributed by atoms with van der Waals surface area (Å²) in [6.07, 6.45) is 2.03. The maximum absolute atomic E-state index is 13.8. The lowest BCUT2D eigenvalue weighted by molar-refractivity contribution is -0.117. The molecule has 46 heavy (non-hydrogen) atoms. The number of rotatable bonds is 12. The third-order valence-electron chi connectivity index (χ3n) is 7.82. The number of nitrogens with one attached hydrogen (secondary N) is 1.